The summed E-state index contributed by atoms with van der Waals surface area (Å²) in [6, 6.07) is 0. The third-order valence-corrected chi connectivity index (χ3v) is 2.82. The number of halogens is 2. The van der Waals surface area contributed by atoms with Gasteiger partial charge in [0.15, 0.2) is 0 Å². The highest BCUT2D eigenvalue weighted by atomic mass is 19.3. The maximum Gasteiger partial charge on any atom is 0.252 e. The Bertz CT molecular complexity index is 218. The van der Waals surface area contributed by atoms with Crippen molar-refractivity contribution in [3.05, 3.63) is 0 Å². The number of alkyl halides is 2. The van der Waals surface area contributed by atoms with Gasteiger partial charge in [-0.1, -0.05) is 19.3 Å². The SMILES string of the molecule is O=C=NCCC(F)(F)C1CCCCC1. The van der Waals surface area contributed by atoms with Crippen molar-refractivity contribution in [2.24, 2.45) is 10.9 Å². The van der Waals surface area contributed by atoms with Gasteiger partial charge in [0.1, 0.15) is 0 Å². The van der Waals surface area contributed by atoms with E-state index in [1.165, 1.54) is 6.08 Å². The van der Waals surface area contributed by atoms with Gasteiger partial charge in [-0.2, -0.15) is 0 Å². The van der Waals surface area contributed by atoms with Crippen LogP contribution >= 0.6 is 0 Å². The van der Waals surface area contributed by atoms with Gasteiger partial charge < -0.3 is 0 Å². The maximum atomic E-state index is 13.4. The molecule has 0 atom stereocenters. The third kappa shape index (κ3) is 3.18. The number of rotatable bonds is 4. The van der Waals surface area contributed by atoms with Crippen molar-refractivity contribution in [1.82, 2.24) is 0 Å². The van der Waals surface area contributed by atoms with Gasteiger partial charge in [-0.15, -0.1) is 0 Å². The summed E-state index contributed by atoms with van der Waals surface area (Å²) in [5.41, 5.74) is 0. The Kier molecular flexibility index (Phi) is 4.21. The summed E-state index contributed by atoms with van der Waals surface area (Å²) in [5.74, 6) is -3.15. The maximum absolute atomic E-state index is 13.4. The zero-order chi connectivity index (χ0) is 10.4. The fourth-order valence-corrected chi connectivity index (χ4v) is 1.98. The summed E-state index contributed by atoms with van der Waals surface area (Å²) in [6.07, 6.45) is 5.06. The second-order valence-corrected chi connectivity index (χ2v) is 3.82. The van der Waals surface area contributed by atoms with Gasteiger partial charge in [0.05, 0.1) is 6.54 Å². The van der Waals surface area contributed by atoms with Gasteiger partial charge in [-0.25, -0.2) is 18.6 Å². The molecule has 0 aromatic carbocycles. The van der Waals surface area contributed by atoms with Crippen LogP contribution in [0, 0.1) is 5.92 Å². The van der Waals surface area contributed by atoms with Crippen LogP contribution < -0.4 is 0 Å². The molecule has 1 aliphatic carbocycles. The molecule has 1 aliphatic rings. The number of aliphatic imine (C=N–C) groups is 1. The number of hydrogen-bond acceptors (Lipinski definition) is 2. The summed E-state index contributed by atoms with van der Waals surface area (Å²) in [7, 11) is 0. The second kappa shape index (κ2) is 5.20. The van der Waals surface area contributed by atoms with Crippen LogP contribution in [0.5, 0.6) is 0 Å². The molecule has 14 heavy (non-hydrogen) atoms. The molecule has 0 heterocycles. The molecule has 4 heteroatoms. The Morgan fingerprint density at radius 1 is 1.29 bits per heavy atom. The average molecular weight is 203 g/mol. The van der Waals surface area contributed by atoms with E-state index >= 15 is 0 Å². The monoisotopic (exact) mass is 203 g/mol. The van der Waals surface area contributed by atoms with Crippen molar-refractivity contribution in [3.8, 4) is 0 Å². The first kappa shape index (κ1) is 11.3. The highest BCUT2D eigenvalue weighted by Crippen LogP contribution is 2.38. The Balaban J connectivity index is 2.40. The smallest absolute Gasteiger partial charge is 0.211 e. The molecule has 0 radical (unpaired) electrons. The molecule has 0 aromatic heterocycles. The van der Waals surface area contributed by atoms with Crippen LogP contribution in [0.3, 0.4) is 0 Å². The number of carbonyl (C=O) groups excluding carboxylic acids is 1. The van der Waals surface area contributed by atoms with E-state index in [0.717, 1.165) is 19.3 Å². The fraction of sp³-hybridized carbons (Fsp3) is 0.900. The Hall–Kier alpha value is -0.760. The van der Waals surface area contributed by atoms with Crippen molar-refractivity contribution in [3.63, 3.8) is 0 Å². The predicted molar refractivity (Wildman–Crippen MR) is 49.1 cm³/mol. The number of isocyanates is 1. The molecule has 80 valence electrons. The van der Waals surface area contributed by atoms with Gasteiger partial charge in [0.2, 0.25) is 6.08 Å². The van der Waals surface area contributed by atoms with E-state index in [1.54, 1.807) is 0 Å². The molecule has 1 saturated carbocycles. The normalized spacial score (nSPS) is 19.0. The molecule has 0 spiro atoms. The third-order valence-electron chi connectivity index (χ3n) is 2.82. The topological polar surface area (TPSA) is 29.4 Å². The van der Waals surface area contributed by atoms with E-state index in [9.17, 15) is 13.6 Å². The van der Waals surface area contributed by atoms with Crippen molar-refractivity contribution in [2.45, 2.75) is 44.4 Å². The molecule has 0 bridgehead atoms. The van der Waals surface area contributed by atoms with Gasteiger partial charge in [-0.3, -0.25) is 0 Å². The molecular weight excluding hydrogens is 188 g/mol. The number of hydrogen-bond donors (Lipinski definition) is 0. The molecule has 0 aliphatic heterocycles. The quantitative estimate of drug-likeness (QED) is 0.510. The zero-order valence-electron chi connectivity index (χ0n) is 8.14. The molecular formula is C10H15F2NO. The molecule has 0 N–H and O–H groups in total. The van der Waals surface area contributed by atoms with Crippen LogP contribution in [0.2, 0.25) is 0 Å². The number of nitrogens with zero attached hydrogens (tertiary/aromatic N) is 1. The van der Waals surface area contributed by atoms with Crippen LogP contribution in [0.15, 0.2) is 4.99 Å². The highest BCUT2D eigenvalue weighted by molar-refractivity contribution is 5.32. The first-order chi connectivity index (χ1) is 6.67. The molecule has 0 unspecified atom stereocenters. The minimum atomic E-state index is -2.65. The predicted octanol–water partition coefficient (Wildman–Crippen LogP) is 2.93. The van der Waals surface area contributed by atoms with Crippen LogP contribution in [0.4, 0.5) is 8.78 Å². The summed E-state index contributed by atoms with van der Waals surface area (Å²) in [6.45, 7) is -0.104. The summed E-state index contributed by atoms with van der Waals surface area (Å²) in [5, 5.41) is 0. The van der Waals surface area contributed by atoms with E-state index in [4.69, 9.17) is 0 Å². The van der Waals surface area contributed by atoms with Gasteiger partial charge in [-0.05, 0) is 12.8 Å². The van der Waals surface area contributed by atoms with Crippen LogP contribution in [0.25, 0.3) is 0 Å². The lowest BCUT2D eigenvalue weighted by Gasteiger charge is -2.29. The van der Waals surface area contributed by atoms with E-state index in [-0.39, 0.29) is 13.0 Å². The summed E-state index contributed by atoms with van der Waals surface area (Å²) >= 11 is 0. The zero-order valence-corrected chi connectivity index (χ0v) is 8.14. The molecule has 0 aromatic rings. The minimum Gasteiger partial charge on any atom is -0.211 e. The van der Waals surface area contributed by atoms with Gasteiger partial charge in [0, 0.05) is 12.3 Å². The minimum absolute atomic E-state index is 0.104. The average Bonchev–Trinajstić information content (AvgIpc) is 2.19. The summed E-state index contributed by atoms with van der Waals surface area (Å²) < 4.78 is 26.9. The second-order valence-electron chi connectivity index (χ2n) is 3.82. The molecule has 2 nitrogen and oxygen atoms in total. The van der Waals surface area contributed by atoms with Crippen molar-refractivity contribution in [1.29, 1.82) is 0 Å². The lowest BCUT2D eigenvalue weighted by Crippen LogP contribution is -2.30. The lowest BCUT2D eigenvalue weighted by molar-refractivity contribution is -0.0750. The highest BCUT2D eigenvalue weighted by Gasteiger charge is 2.38. The summed E-state index contributed by atoms with van der Waals surface area (Å²) in [4.78, 5) is 12.9. The Labute approximate surface area is 82.4 Å². The Morgan fingerprint density at radius 2 is 1.93 bits per heavy atom. The Morgan fingerprint density at radius 3 is 2.50 bits per heavy atom. The van der Waals surface area contributed by atoms with E-state index in [1.807, 2.05) is 0 Å². The van der Waals surface area contributed by atoms with Crippen molar-refractivity contribution < 1.29 is 13.6 Å². The van der Waals surface area contributed by atoms with Crippen LogP contribution in [0.1, 0.15) is 38.5 Å². The van der Waals surface area contributed by atoms with E-state index < -0.39 is 11.8 Å². The van der Waals surface area contributed by atoms with E-state index in [0.29, 0.717) is 12.8 Å². The molecule has 0 amide bonds. The van der Waals surface area contributed by atoms with Crippen molar-refractivity contribution in [2.75, 3.05) is 6.54 Å². The molecule has 0 saturated heterocycles. The standard InChI is InChI=1S/C10H15F2NO/c11-10(12,6-7-13-8-14)9-4-2-1-3-5-9/h9H,1-7H2. The molecule has 1 rings (SSSR count). The lowest BCUT2D eigenvalue weighted by atomic mass is 9.83. The largest absolute Gasteiger partial charge is 0.252 e. The fourth-order valence-electron chi connectivity index (χ4n) is 1.98. The van der Waals surface area contributed by atoms with Crippen molar-refractivity contribution >= 4 is 6.08 Å². The van der Waals surface area contributed by atoms with Gasteiger partial charge in [0.25, 0.3) is 5.92 Å². The first-order valence-corrected chi connectivity index (χ1v) is 5.08. The molecule has 1 fully saturated rings. The van der Waals surface area contributed by atoms with Crippen LogP contribution in [-0.2, 0) is 4.79 Å². The van der Waals surface area contributed by atoms with Gasteiger partial charge >= 0.3 is 0 Å². The van der Waals surface area contributed by atoms with Crippen LogP contribution in [-0.4, -0.2) is 18.5 Å². The first-order valence-electron chi connectivity index (χ1n) is 5.08. The van der Waals surface area contributed by atoms with E-state index in [2.05, 4.69) is 4.99 Å².